The fraction of sp³-hybridized carbons (Fsp3) is 0.0588. The summed E-state index contributed by atoms with van der Waals surface area (Å²) in [6.07, 6.45) is 5.03. The summed E-state index contributed by atoms with van der Waals surface area (Å²) in [6, 6.07) is 15.9. The lowest BCUT2D eigenvalue weighted by atomic mass is 10.2. The molecule has 1 N–H and O–H groups in total. The predicted octanol–water partition coefficient (Wildman–Crippen LogP) is 2.82. The summed E-state index contributed by atoms with van der Waals surface area (Å²) in [4.78, 5) is 13.0. The number of nitrogens with one attached hydrogen (secondary N) is 1. The largest absolute Gasteiger partial charge is 0.365 e. The van der Waals surface area contributed by atoms with Gasteiger partial charge in [-0.15, -0.1) is 0 Å². The van der Waals surface area contributed by atoms with Gasteiger partial charge in [0, 0.05) is 12.7 Å². The van der Waals surface area contributed by atoms with Crippen LogP contribution in [0.15, 0.2) is 67.3 Å². The van der Waals surface area contributed by atoms with E-state index >= 15 is 0 Å². The van der Waals surface area contributed by atoms with E-state index in [1.54, 1.807) is 17.1 Å². The van der Waals surface area contributed by atoms with E-state index in [-0.39, 0.29) is 0 Å². The summed E-state index contributed by atoms with van der Waals surface area (Å²) in [5, 5.41) is 8.61. The van der Waals surface area contributed by atoms with Gasteiger partial charge in [-0.25, -0.2) is 15.0 Å². The van der Waals surface area contributed by atoms with Crippen LogP contribution in [-0.2, 0) is 6.54 Å². The molecule has 0 aliphatic heterocycles. The van der Waals surface area contributed by atoms with E-state index < -0.39 is 0 Å². The monoisotopic (exact) mass is 302 g/mol. The van der Waals surface area contributed by atoms with Gasteiger partial charge in [0.25, 0.3) is 0 Å². The lowest BCUT2D eigenvalue weighted by molar-refractivity contribution is 0.861. The molecule has 23 heavy (non-hydrogen) atoms. The first-order valence-corrected chi connectivity index (χ1v) is 7.30. The van der Waals surface area contributed by atoms with Crippen LogP contribution < -0.4 is 5.32 Å². The number of nitrogens with zero attached hydrogens (tertiary/aromatic N) is 5. The molecule has 0 unspecified atom stereocenters. The summed E-state index contributed by atoms with van der Waals surface area (Å²) >= 11 is 0. The molecule has 3 aromatic heterocycles. The van der Waals surface area contributed by atoms with Gasteiger partial charge in [-0.1, -0.05) is 36.4 Å². The van der Waals surface area contributed by atoms with Crippen molar-refractivity contribution in [3.05, 3.63) is 72.8 Å². The lowest BCUT2D eigenvalue weighted by Crippen LogP contribution is -2.03. The first-order valence-electron chi connectivity index (χ1n) is 7.30. The molecule has 0 aliphatic rings. The van der Waals surface area contributed by atoms with Crippen LogP contribution in [0.3, 0.4) is 0 Å². The smallest absolute Gasteiger partial charge is 0.170 e. The van der Waals surface area contributed by atoms with E-state index in [1.165, 1.54) is 11.9 Å². The number of benzene rings is 1. The third-order valence-electron chi connectivity index (χ3n) is 3.53. The summed E-state index contributed by atoms with van der Waals surface area (Å²) in [5.41, 5.74) is 1.92. The Balaban J connectivity index is 1.68. The molecule has 0 radical (unpaired) electrons. The molecule has 0 saturated carbocycles. The van der Waals surface area contributed by atoms with E-state index in [0.717, 1.165) is 22.7 Å². The number of aromatic nitrogens is 5. The maximum atomic E-state index is 4.39. The second-order valence-electron chi connectivity index (χ2n) is 5.04. The number of hydrogen-bond acceptors (Lipinski definition) is 5. The number of pyridine rings is 1. The van der Waals surface area contributed by atoms with Crippen molar-refractivity contribution in [1.29, 1.82) is 0 Å². The zero-order chi connectivity index (χ0) is 15.5. The zero-order valence-electron chi connectivity index (χ0n) is 12.3. The van der Waals surface area contributed by atoms with Gasteiger partial charge >= 0.3 is 0 Å². The number of hydrogen-bond donors (Lipinski definition) is 1. The molecule has 4 rings (SSSR count). The molecular weight excluding hydrogens is 288 g/mol. The number of rotatable bonds is 4. The van der Waals surface area contributed by atoms with Crippen LogP contribution in [0, 0.1) is 0 Å². The number of fused-ring (bicyclic) bond motifs is 1. The third kappa shape index (κ3) is 2.62. The summed E-state index contributed by atoms with van der Waals surface area (Å²) in [6.45, 7) is 0.696. The fourth-order valence-electron chi connectivity index (χ4n) is 2.41. The van der Waals surface area contributed by atoms with Crippen LogP contribution >= 0.6 is 0 Å². The van der Waals surface area contributed by atoms with Crippen molar-refractivity contribution < 1.29 is 0 Å². The average molecular weight is 302 g/mol. The van der Waals surface area contributed by atoms with Gasteiger partial charge in [0.1, 0.15) is 12.1 Å². The maximum Gasteiger partial charge on any atom is 0.170 e. The van der Waals surface area contributed by atoms with Crippen LogP contribution in [-0.4, -0.2) is 24.7 Å². The molecule has 3 heterocycles. The van der Waals surface area contributed by atoms with Gasteiger partial charge in [-0.05, 0) is 17.7 Å². The summed E-state index contributed by atoms with van der Waals surface area (Å²) in [7, 11) is 0. The van der Waals surface area contributed by atoms with Crippen molar-refractivity contribution in [2.45, 2.75) is 6.54 Å². The molecule has 112 valence electrons. The minimum absolute atomic E-state index is 0.696. The molecule has 0 fully saturated rings. The molecule has 0 bridgehead atoms. The Labute approximate surface area is 132 Å². The minimum Gasteiger partial charge on any atom is -0.365 e. The lowest BCUT2D eigenvalue weighted by Gasteiger charge is -2.06. The van der Waals surface area contributed by atoms with Crippen LogP contribution in [0.4, 0.5) is 5.82 Å². The topological polar surface area (TPSA) is 68.5 Å². The Hall–Kier alpha value is -3.28. The Morgan fingerprint density at radius 1 is 0.913 bits per heavy atom. The highest BCUT2D eigenvalue weighted by Gasteiger charge is 2.11. The van der Waals surface area contributed by atoms with Gasteiger partial charge in [-0.3, -0.25) is 0 Å². The van der Waals surface area contributed by atoms with Gasteiger partial charge < -0.3 is 5.32 Å². The fourth-order valence-corrected chi connectivity index (χ4v) is 2.41. The second-order valence-corrected chi connectivity index (χ2v) is 5.04. The van der Waals surface area contributed by atoms with Gasteiger partial charge in [0.2, 0.25) is 0 Å². The van der Waals surface area contributed by atoms with E-state index in [2.05, 4.69) is 37.5 Å². The molecule has 0 saturated heterocycles. The first-order chi connectivity index (χ1) is 11.4. The SMILES string of the molecule is c1ccc(CNc2ncnc3c2cnn3-c2ccccn2)cc1. The third-order valence-corrected chi connectivity index (χ3v) is 3.53. The molecule has 0 spiro atoms. The standard InChI is InChI=1S/C17H14N6/c1-2-6-13(7-3-1)10-19-16-14-11-22-23(17(14)21-12-20-16)15-8-4-5-9-18-15/h1-9,11-12H,10H2,(H,19,20,21). The van der Waals surface area contributed by atoms with Crippen molar-refractivity contribution in [3.63, 3.8) is 0 Å². The van der Waals surface area contributed by atoms with Crippen molar-refractivity contribution >= 4 is 16.9 Å². The van der Waals surface area contributed by atoms with E-state index in [0.29, 0.717) is 6.54 Å². The van der Waals surface area contributed by atoms with Crippen LogP contribution in [0.2, 0.25) is 0 Å². The van der Waals surface area contributed by atoms with Crippen LogP contribution in [0.25, 0.3) is 16.9 Å². The highest BCUT2D eigenvalue weighted by Crippen LogP contribution is 2.21. The van der Waals surface area contributed by atoms with E-state index in [9.17, 15) is 0 Å². The van der Waals surface area contributed by atoms with Crippen molar-refractivity contribution in [1.82, 2.24) is 24.7 Å². The number of anilines is 1. The quantitative estimate of drug-likeness (QED) is 0.628. The highest BCUT2D eigenvalue weighted by atomic mass is 15.3. The average Bonchev–Trinajstić information content (AvgIpc) is 3.06. The molecule has 0 amide bonds. The van der Waals surface area contributed by atoms with Crippen LogP contribution in [0.1, 0.15) is 5.56 Å². The molecule has 6 nitrogen and oxygen atoms in total. The molecule has 1 aromatic carbocycles. The Morgan fingerprint density at radius 3 is 2.61 bits per heavy atom. The van der Waals surface area contributed by atoms with E-state index in [1.807, 2.05) is 36.4 Å². The summed E-state index contributed by atoms with van der Waals surface area (Å²) in [5.74, 6) is 1.50. The molecule has 0 aliphatic carbocycles. The Morgan fingerprint density at radius 2 is 1.78 bits per heavy atom. The molecule has 4 aromatic rings. The highest BCUT2D eigenvalue weighted by molar-refractivity contribution is 5.86. The van der Waals surface area contributed by atoms with Gasteiger partial charge in [0.05, 0.1) is 11.6 Å². The maximum absolute atomic E-state index is 4.39. The molecular formula is C17H14N6. The molecule has 6 heteroatoms. The normalized spacial score (nSPS) is 10.8. The Kier molecular flexibility index (Phi) is 3.40. The predicted molar refractivity (Wildman–Crippen MR) is 88.2 cm³/mol. The minimum atomic E-state index is 0.696. The van der Waals surface area contributed by atoms with E-state index in [4.69, 9.17) is 0 Å². The summed E-state index contributed by atoms with van der Waals surface area (Å²) < 4.78 is 1.71. The zero-order valence-corrected chi connectivity index (χ0v) is 12.3. The van der Waals surface area contributed by atoms with Crippen LogP contribution in [0.5, 0.6) is 0 Å². The van der Waals surface area contributed by atoms with Gasteiger partial charge in [0.15, 0.2) is 11.5 Å². The van der Waals surface area contributed by atoms with Crippen molar-refractivity contribution in [2.24, 2.45) is 0 Å². The Bertz CT molecular complexity index is 918. The molecule has 0 atom stereocenters. The first kappa shape index (κ1) is 13.4. The second kappa shape index (κ2) is 5.84. The van der Waals surface area contributed by atoms with Crippen molar-refractivity contribution in [2.75, 3.05) is 5.32 Å². The van der Waals surface area contributed by atoms with Gasteiger partial charge in [-0.2, -0.15) is 9.78 Å². The van der Waals surface area contributed by atoms with Crippen molar-refractivity contribution in [3.8, 4) is 5.82 Å².